The monoisotopic (exact) mass is 193 g/mol. The Morgan fingerprint density at radius 3 is 1.67 bits per heavy atom. The highest BCUT2D eigenvalue weighted by molar-refractivity contribution is 4.92. The fraction of sp³-hybridized carbons (Fsp3) is 0.600. The number of rotatable bonds is 3. The van der Waals surface area contributed by atoms with Gasteiger partial charge in [0.05, 0.1) is 0 Å². The van der Waals surface area contributed by atoms with Crippen molar-refractivity contribution in [3.8, 4) is 0 Å². The molecule has 0 aliphatic carbocycles. The smallest absolute Gasteiger partial charge is 0.321 e. The molecule has 0 fully saturated rings. The van der Waals surface area contributed by atoms with E-state index in [4.69, 9.17) is 0 Å². The zero-order valence-corrected chi connectivity index (χ0v) is 5.68. The maximum Gasteiger partial charge on any atom is 0.455 e. The van der Waals surface area contributed by atoms with Gasteiger partial charge in [0.15, 0.2) is 0 Å². The quantitative estimate of drug-likeness (QED) is 0.626. The third-order valence-corrected chi connectivity index (χ3v) is 0.850. The van der Waals surface area contributed by atoms with Crippen molar-refractivity contribution < 1.29 is 31.1 Å². The standard InChI is InChI=1S/C5H3F6O/c1-2-12-4(8,3(6)7)5(9,10)11/h1H3. The summed E-state index contributed by atoms with van der Waals surface area (Å²) in [6.07, 6.45) is -9.32. The fourth-order valence-corrected chi connectivity index (χ4v) is 0.344. The Bertz CT molecular complexity index is 143. The van der Waals surface area contributed by atoms with Crippen LogP contribution >= 0.6 is 0 Å². The summed E-state index contributed by atoms with van der Waals surface area (Å²) in [5.41, 5.74) is 0. The summed E-state index contributed by atoms with van der Waals surface area (Å²) < 4.78 is 72.6. The minimum atomic E-state index is -5.81. The summed E-state index contributed by atoms with van der Waals surface area (Å²) in [6, 6.07) is 0. The second kappa shape index (κ2) is 3.51. The molecule has 1 atom stereocenters. The van der Waals surface area contributed by atoms with Crippen molar-refractivity contribution in [2.45, 2.75) is 19.0 Å². The first kappa shape index (κ1) is 11.5. The van der Waals surface area contributed by atoms with E-state index in [9.17, 15) is 26.3 Å². The van der Waals surface area contributed by atoms with Gasteiger partial charge in [0.2, 0.25) is 0 Å². The molecular weight excluding hydrogens is 190 g/mol. The third-order valence-electron chi connectivity index (χ3n) is 0.850. The molecule has 0 spiro atoms. The average molecular weight is 193 g/mol. The van der Waals surface area contributed by atoms with Crippen molar-refractivity contribution in [2.24, 2.45) is 0 Å². The van der Waals surface area contributed by atoms with Gasteiger partial charge in [0.25, 0.3) is 0 Å². The van der Waals surface area contributed by atoms with E-state index in [1.807, 2.05) is 0 Å². The van der Waals surface area contributed by atoms with Gasteiger partial charge >= 0.3 is 18.5 Å². The summed E-state index contributed by atoms with van der Waals surface area (Å²) in [6.45, 7) is 1.93. The summed E-state index contributed by atoms with van der Waals surface area (Å²) in [5, 5.41) is 0. The van der Waals surface area contributed by atoms with E-state index in [-0.39, 0.29) is 0 Å². The van der Waals surface area contributed by atoms with E-state index in [0.717, 1.165) is 6.92 Å². The van der Waals surface area contributed by atoms with E-state index in [0.29, 0.717) is 0 Å². The highest BCUT2D eigenvalue weighted by Crippen LogP contribution is 2.43. The predicted octanol–water partition coefficient (Wildman–Crippen LogP) is 2.72. The molecule has 0 aliphatic rings. The Hall–Kier alpha value is -0.460. The molecule has 0 aromatic heterocycles. The Kier molecular flexibility index (Phi) is 3.37. The van der Waals surface area contributed by atoms with Crippen LogP contribution in [0, 0.1) is 13.0 Å². The molecule has 71 valence electrons. The van der Waals surface area contributed by atoms with E-state index < -0.39 is 18.5 Å². The normalized spacial score (nSPS) is 18.0. The zero-order valence-electron chi connectivity index (χ0n) is 5.68. The van der Waals surface area contributed by atoms with Gasteiger partial charge in [-0.1, -0.05) is 0 Å². The van der Waals surface area contributed by atoms with Crippen molar-refractivity contribution >= 4 is 0 Å². The van der Waals surface area contributed by atoms with Crippen LogP contribution in [0.15, 0.2) is 0 Å². The Morgan fingerprint density at radius 1 is 1.17 bits per heavy atom. The van der Waals surface area contributed by atoms with Crippen molar-refractivity contribution in [1.82, 2.24) is 0 Å². The van der Waals surface area contributed by atoms with Crippen LogP contribution in [-0.2, 0) is 4.74 Å². The molecule has 0 rings (SSSR count). The van der Waals surface area contributed by atoms with Crippen molar-refractivity contribution in [3.63, 3.8) is 0 Å². The van der Waals surface area contributed by atoms with E-state index in [1.54, 1.807) is 0 Å². The number of hydrogen-bond donors (Lipinski definition) is 0. The number of ether oxygens (including phenoxy) is 1. The van der Waals surface area contributed by atoms with Crippen LogP contribution in [-0.4, -0.2) is 12.0 Å². The van der Waals surface area contributed by atoms with Gasteiger partial charge in [-0.2, -0.15) is 26.3 Å². The molecule has 0 saturated carbocycles. The number of halogens is 6. The van der Waals surface area contributed by atoms with Crippen molar-refractivity contribution in [1.29, 1.82) is 0 Å². The summed E-state index contributed by atoms with van der Waals surface area (Å²) in [4.78, 5) is 0. The second-order valence-corrected chi connectivity index (χ2v) is 1.66. The minimum Gasteiger partial charge on any atom is -0.321 e. The lowest BCUT2D eigenvalue weighted by Crippen LogP contribution is -2.45. The molecule has 0 aromatic rings. The van der Waals surface area contributed by atoms with Crippen LogP contribution in [0.1, 0.15) is 6.92 Å². The van der Waals surface area contributed by atoms with Gasteiger partial charge in [-0.25, -0.2) is 0 Å². The molecule has 7 heteroatoms. The van der Waals surface area contributed by atoms with Crippen LogP contribution < -0.4 is 0 Å². The molecule has 0 aromatic carbocycles. The lowest BCUT2D eigenvalue weighted by Gasteiger charge is -2.24. The van der Waals surface area contributed by atoms with Crippen molar-refractivity contribution in [2.75, 3.05) is 0 Å². The third kappa shape index (κ3) is 2.02. The molecular formula is C5H3F6O. The summed E-state index contributed by atoms with van der Waals surface area (Å²) in [5.74, 6) is -5.04. The second-order valence-electron chi connectivity index (χ2n) is 1.66. The lowest BCUT2D eigenvalue weighted by atomic mass is 10.3. The van der Waals surface area contributed by atoms with Gasteiger partial charge in [-0.15, -0.1) is 0 Å². The Labute approximate surface area is 64.3 Å². The first-order valence-corrected chi connectivity index (χ1v) is 2.54. The molecule has 0 bridgehead atoms. The Balaban J connectivity index is 4.62. The van der Waals surface area contributed by atoms with Gasteiger partial charge < -0.3 is 4.74 Å². The molecule has 3 radical (unpaired) electrons. The maximum absolute atomic E-state index is 12.2. The minimum absolute atomic E-state index is 0.725. The molecule has 0 N–H and O–H groups in total. The molecule has 12 heavy (non-hydrogen) atoms. The molecule has 1 nitrogen and oxygen atoms in total. The maximum atomic E-state index is 12.2. The van der Waals surface area contributed by atoms with Gasteiger partial charge in [-0.3, -0.25) is 0 Å². The van der Waals surface area contributed by atoms with Crippen LogP contribution in [0.5, 0.6) is 0 Å². The molecule has 0 amide bonds. The van der Waals surface area contributed by atoms with Crippen molar-refractivity contribution in [3.05, 3.63) is 13.0 Å². The summed E-state index contributed by atoms with van der Waals surface area (Å²) >= 11 is 0. The van der Waals surface area contributed by atoms with E-state index in [2.05, 4.69) is 4.74 Å². The number of hydrogen-bond acceptors (Lipinski definition) is 1. The van der Waals surface area contributed by atoms with E-state index in [1.165, 1.54) is 6.61 Å². The highest BCUT2D eigenvalue weighted by atomic mass is 19.4. The van der Waals surface area contributed by atoms with E-state index >= 15 is 0 Å². The van der Waals surface area contributed by atoms with Crippen LogP contribution in [0.25, 0.3) is 0 Å². The lowest BCUT2D eigenvalue weighted by molar-refractivity contribution is -0.333. The summed E-state index contributed by atoms with van der Waals surface area (Å²) in [7, 11) is 0. The fourth-order valence-electron chi connectivity index (χ4n) is 0.344. The molecule has 0 aliphatic heterocycles. The number of alkyl halides is 4. The predicted molar refractivity (Wildman–Crippen MR) is 25.4 cm³/mol. The van der Waals surface area contributed by atoms with Gasteiger partial charge in [-0.05, 0) is 6.92 Å². The highest BCUT2D eigenvalue weighted by Gasteiger charge is 2.66. The SMILES string of the molecule is C[C]OC(F)([C](F)F)C(F)(F)F. The largest absolute Gasteiger partial charge is 0.455 e. The van der Waals surface area contributed by atoms with Crippen LogP contribution in [0.4, 0.5) is 26.3 Å². The average Bonchev–Trinajstić information content (AvgIpc) is 1.85. The first-order valence-electron chi connectivity index (χ1n) is 2.54. The molecule has 0 saturated heterocycles. The van der Waals surface area contributed by atoms with Crippen LogP contribution in [0.2, 0.25) is 0 Å². The molecule has 0 heterocycles. The topological polar surface area (TPSA) is 9.23 Å². The van der Waals surface area contributed by atoms with Gasteiger partial charge in [0.1, 0.15) is 6.61 Å². The zero-order chi connectivity index (χ0) is 9.99. The first-order chi connectivity index (χ1) is 5.25. The van der Waals surface area contributed by atoms with Gasteiger partial charge in [0, 0.05) is 0 Å². The Morgan fingerprint density at radius 2 is 1.58 bits per heavy atom. The molecule has 1 unspecified atom stereocenters. The van der Waals surface area contributed by atoms with Crippen LogP contribution in [0.3, 0.4) is 0 Å².